The van der Waals surface area contributed by atoms with E-state index in [4.69, 9.17) is 9.47 Å². The van der Waals surface area contributed by atoms with Gasteiger partial charge < -0.3 is 14.8 Å². The van der Waals surface area contributed by atoms with Gasteiger partial charge in [0.15, 0.2) is 0 Å². The molecule has 2 aromatic carbocycles. The fourth-order valence-electron chi connectivity index (χ4n) is 6.08. The van der Waals surface area contributed by atoms with Crippen molar-refractivity contribution in [2.75, 3.05) is 24.4 Å². The first-order valence-corrected chi connectivity index (χ1v) is 11.2. The molecule has 33 heavy (non-hydrogen) atoms. The van der Waals surface area contributed by atoms with Crippen LogP contribution in [0.1, 0.15) is 16.8 Å². The van der Waals surface area contributed by atoms with Gasteiger partial charge in [-0.25, -0.2) is 0 Å². The summed E-state index contributed by atoms with van der Waals surface area (Å²) >= 11 is 0. The van der Waals surface area contributed by atoms with E-state index in [1.807, 2.05) is 0 Å². The van der Waals surface area contributed by atoms with Crippen LogP contribution in [0.3, 0.4) is 0 Å². The van der Waals surface area contributed by atoms with Gasteiger partial charge >= 0.3 is 0 Å². The predicted octanol–water partition coefficient (Wildman–Crippen LogP) is 3.51. The van der Waals surface area contributed by atoms with E-state index in [9.17, 15) is 14.4 Å². The summed E-state index contributed by atoms with van der Waals surface area (Å²) in [5.41, 5.74) is 1.41. The highest BCUT2D eigenvalue weighted by Crippen LogP contribution is 2.65. The summed E-state index contributed by atoms with van der Waals surface area (Å²) in [5.74, 6) is 1.61. The van der Waals surface area contributed by atoms with Gasteiger partial charge in [0.05, 0.1) is 37.4 Å². The van der Waals surface area contributed by atoms with Gasteiger partial charge in [-0.3, -0.25) is 19.3 Å². The van der Waals surface area contributed by atoms with E-state index in [-0.39, 0.29) is 41.4 Å². The lowest BCUT2D eigenvalue weighted by Crippen LogP contribution is -2.40. The summed E-state index contributed by atoms with van der Waals surface area (Å²) in [7, 11) is 3.08. The number of benzene rings is 2. The number of methoxy groups -OCH3 is 2. The number of hydrogen-bond donors (Lipinski definition) is 1. The maximum Gasteiger partial charge on any atom is 0.255 e. The Hall–Kier alpha value is -3.61. The Morgan fingerprint density at radius 3 is 2.12 bits per heavy atom. The maximum absolute atomic E-state index is 13.3. The Morgan fingerprint density at radius 1 is 0.909 bits per heavy atom. The molecule has 0 unspecified atom stereocenters. The summed E-state index contributed by atoms with van der Waals surface area (Å²) in [5, 5.41) is 2.83. The molecule has 3 amide bonds. The first-order chi connectivity index (χ1) is 16.0. The average molecular weight is 444 g/mol. The molecule has 6 atom stereocenters. The van der Waals surface area contributed by atoms with Gasteiger partial charge in [-0.1, -0.05) is 12.2 Å². The highest BCUT2D eigenvalue weighted by atomic mass is 16.5. The van der Waals surface area contributed by atoms with Crippen LogP contribution < -0.4 is 19.7 Å². The fraction of sp³-hybridized carbons (Fsp3) is 0.346. The lowest BCUT2D eigenvalue weighted by molar-refractivity contribution is -0.124. The van der Waals surface area contributed by atoms with Crippen molar-refractivity contribution < 1.29 is 23.9 Å². The first kappa shape index (κ1) is 20.0. The van der Waals surface area contributed by atoms with Gasteiger partial charge in [0.1, 0.15) is 11.5 Å². The Bertz CT molecular complexity index is 1170. The Morgan fingerprint density at radius 2 is 1.55 bits per heavy atom. The lowest BCUT2D eigenvalue weighted by Gasteiger charge is -2.37. The molecule has 2 bridgehead atoms. The number of nitrogens with zero attached hydrogens (tertiary/aromatic N) is 1. The molecule has 7 heteroatoms. The number of nitrogens with one attached hydrogen (secondary N) is 1. The van der Waals surface area contributed by atoms with Crippen LogP contribution in [-0.2, 0) is 9.59 Å². The number of rotatable bonds is 5. The summed E-state index contributed by atoms with van der Waals surface area (Å²) in [6.45, 7) is 0. The minimum atomic E-state index is -0.330. The monoisotopic (exact) mass is 444 g/mol. The minimum absolute atomic E-state index is 0.104. The van der Waals surface area contributed by atoms with E-state index in [1.54, 1.807) is 49.6 Å². The third kappa shape index (κ3) is 2.91. The smallest absolute Gasteiger partial charge is 0.255 e. The number of carbonyl (C=O) groups excluding carboxylic acids is 3. The fourth-order valence-corrected chi connectivity index (χ4v) is 6.08. The quantitative estimate of drug-likeness (QED) is 0.564. The molecule has 5 aliphatic rings. The Balaban J connectivity index is 1.22. The average Bonchev–Trinajstić information content (AvgIpc) is 3.62. The van der Waals surface area contributed by atoms with Gasteiger partial charge in [-0.15, -0.1) is 0 Å². The van der Waals surface area contributed by atoms with Crippen molar-refractivity contribution in [1.82, 2.24) is 0 Å². The van der Waals surface area contributed by atoms with Crippen molar-refractivity contribution in [1.29, 1.82) is 0 Å². The number of allylic oxidation sites excluding steroid dienone is 2. The van der Waals surface area contributed by atoms with E-state index in [2.05, 4.69) is 17.5 Å². The van der Waals surface area contributed by atoms with Crippen LogP contribution in [0.5, 0.6) is 11.5 Å². The zero-order valence-corrected chi connectivity index (χ0v) is 18.4. The third-order valence-electron chi connectivity index (χ3n) is 7.71. The van der Waals surface area contributed by atoms with E-state index in [0.29, 0.717) is 40.3 Å². The van der Waals surface area contributed by atoms with Crippen molar-refractivity contribution in [2.24, 2.45) is 35.5 Å². The van der Waals surface area contributed by atoms with E-state index < -0.39 is 0 Å². The van der Waals surface area contributed by atoms with Crippen molar-refractivity contribution in [3.63, 3.8) is 0 Å². The molecule has 3 fully saturated rings. The number of anilines is 2. The zero-order valence-electron chi connectivity index (χ0n) is 18.4. The number of imide groups is 1. The highest BCUT2D eigenvalue weighted by Gasteiger charge is 2.67. The van der Waals surface area contributed by atoms with Crippen LogP contribution in [0.15, 0.2) is 54.6 Å². The largest absolute Gasteiger partial charge is 0.497 e. The molecule has 0 radical (unpaired) electrons. The Labute approximate surface area is 191 Å². The lowest BCUT2D eigenvalue weighted by atomic mass is 9.63. The maximum atomic E-state index is 13.3. The predicted molar refractivity (Wildman–Crippen MR) is 121 cm³/mol. The Kier molecular flexibility index (Phi) is 4.37. The summed E-state index contributed by atoms with van der Waals surface area (Å²) in [6.07, 6.45) is 5.46. The van der Waals surface area contributed by atoms with Gasteiger partial charge in [0.2, 0.25) is 11.8 Å². The molecular formula is C26H24N2O5. The third-order valence-corrected chi connectivity index (χ3v) is 7.71. The molecule has 1 aliphatic heterocycles. The molecule has 2 aromatic rings. The highest BCUT2D eigenvalue weighted by molar-refractivity contribution is 6.22. The molecule has 4 aliphatic carbocycles. The molecule has 7 nitrogen and oxygen atoms in total. The summed E-state index contributed by atoms with van der Waals surface area (Å²) in [4.78, 5) is 40.7. The second-order valence-electron chi connectivity index (χ2n) is 9.23. The first-order valence-electron chi connectivity index (χ1n) is 11.2. The number of amides is 3. The number of hydrogen-bond acceptors (Lipinski definition) is 5. The molecule has 7 rings (SSSR count). The summed E-state index contributed by atoms with van der Waals surface area (Å²) in [6, 6.07) is 11.7. The van der Waals surface area contributed by atoms with Gasteiger partial charge in [-0.2, -0.15) is 0 Å². The number of ether oxygens (including phenoxy) is 2. The van der Waals surface area contributed by atoms with Crippen LogP contribution in [0.25, 0.3) is 0 Å². The molecule has 1 N–H and O–H groups in total. The van der Waals surface area contributed by atoms with E-state index in [0.717, 1.165) is 6.42 Å². The topological polar surface area (TPSA) is 84.9 Å². The van der Waals surface area contributed by atoms with Crippen molar-refractivity contribution in [2.45, 2.75) is 6.42 Å². The van der Waals surface area contributed by atoms with E-state index >= 15 is 0 Å². The molecule has 1 saturated heterocycles. The SMILES string of the molecule is COc1ccc(OC)c(NC(=O)c2ccc(N3C(=O)[C@@H]4[C@H]5C=C[C@@H]([C@@H]6C[C@H]56)[C@H]4C3=O)cc2)c1. The van der Waals surface area contributed by atoms with Crippen LogP contribution in [0, 0.1) is 35.5 Å². The molecule has 168 valence electrons. The van der Waals surface area contributed by atoms with Crippen molar-refractivity contribution >= 4 is 29.1 Å². The van der Waals surface area contributed by atoms with Gasteiger partial charge in [0, 0.05) is 11.6 Å². The molecule has 0 aromatic heterocycles. The van der Waals surface area contributed by atoms with Crippen LogP contribution in [0.2, 0.25) is 0 Å². The van der Waals surface area contributed by atoms with Crippen LogP contribution >= 0.6 is 0 Å². The van der Waals surface area contributed by atoms with E-state index in [1.165, 1.54) is 12.0 Å². The van der Waals surface area contributed by atoms with Crippen molar-refractivity contribution in [3.8, 4) is 11.5 Å². The van der Waals surface area contributed by atoms with Crippen molar-refractivity contribution in [3.05, 3.63) is 60.2 Å². The van der Waals surface area contributed by atoms with Gasteiger partial charge in [-0.05, 0) is 66.5 Å². The second-order valence-corrected chi connectivity index (χ2v) is 9.23. The standard InChI is InChI=1S/C26H24N2O5/c1-32-15-7-10-21(33-2)20(11-15)27-24(29)13-3-5-14(6-4-13)28-25(30)22-16-8-9-17(19-12-18(16)19)23(22)26(28)31/h3-11,16-19,22-23H,12H2,1-2H3,(H,27,29)/t16-,17-,18-,19+,22+,23+/m0/s1. The van der Waals surface area contributed by atoms with Crippen LogP contribution in [0.4, 0.5) is 11.4 Å². The van der Waals surface area contributed by atoms with Crippen LogP contribution in [-0.4, -0.2) is 31.9 Å². The molecule has 2 saturated carbocycles. The molecular weight excluding hydrogens is 420 g/mol. The normalized spacial score (nSPS) is 30.7. The minimum Gasteiger partial charge on any atom is -0.497 e. The number of carbonyl (C=O) groups is 3. The summed E-state index contributed by atoms with van der Waals surface area (Å²) < 4.78 is 10.5. The van der Waals surface area contributed by atoms with Gasteiger partial charge in [0.25, 0.3) is 5.91 Å². The zero-order chi connectivity index (χ0) is 22.9. The second kappa shape index (κ2) is 7.20. The molecule has 0 spiro atoms. The molecule has 1 heterocycles.